The van der Waals surface area contributed by atoms with Crippen molar-refractivity contribution < 1.29 is 129 Å². The minimum Gasteiger partial charge on any atom is -0.0622 e. The number of hydrogen-bond acceptors (Lipinski definition) is 0. The maximum atomic E-state index is 9.43. The van der Waals surface area contributed by atoms with Crippen LogP contribution in [0.5, 0.6) is 0 Å². The van der Waals surface area contributed by atoms with Crippen LogP contribution in [0.25, 0.3) is 273 Å². The molecule has 0 aliphatic rings. The molecule has 0 fully saturated rings. The summed E-state index contributed by atoms with van der Waals surface area (Å²) in [6.45, 7) is 0. The minimum absolute atomic E-state index is 0.507. The Kier molecular flexibility index (Phi) is 8.38. The van der Waals surface area contributed by atoms with Crippen LogP contribution in [-0.2, 0) is 0 Å². The highest BCUT2D eigenvalue weighted by Gasteiger charge is 2.24. The predicted octanol–water partition coefficient (Wildman–Crippen LogP) is 40.7. The van der Waals surface area contributed by atoms with E-state index in [1.54, 1.807) is 0 Å². The summed E-state index contributed by atoms with van der Waals surface area (Å²) in [5.74, 6) is 0. The Balaban J connectivity index is 0.000000144. The van der Waals surface area contributed by atoms with Crippen molar-refractivity contribution >= 4 is 162 Å². The average Bonchev–Trinajstić information content (AvgIpc) is 0.684. The molecule has 0 saturated carbocycles. The van der Waals surface area contributed by atoms with E-state index in [2.05, 4.69) is 0 Å². The molecule has 0 radical (unpaired) electrons. The van der Waals surface area contributed by atoms with Crippen molar-refractivity contribution in [1.82, 2.24) is 0 Å². The third kappa shape index (κ3) is 15.6. The second kappa shape index (κ2) is 37.2. The first-order valence-electron chi connectivity index (χ1n) is 89.2. The van der Waals surface area contributed by atoms with Gasteiger partial charge < -0.3 is 0 Å². The third-order valence-electron chi connectivity index (χ3n) is 22.6. The molecule has 29 aromatic carbocycles. The van der Waals surface area contributed by atoms with E-state index in [1.165, 1.54) is 0 Å². The summed E-state index contributed by atoms with van der Waals surface area (Å²) in [6, 6.07) is -83.2. The number of fused-ring (bicyclic) bond motifs is 15. The monoisotopic (exact) mass is 1920 g/mol. The molecule has 0 spiro atoms. The Morgan fingerprint density at radius 2 is 0.236 bits per heavy atom. The van der Waals surface area contributed by atoms with E-state index in [9.17, 15) is 27.4 Å². The lowest BCUT2D eigenvalue weighted by atomic mass is 9.84. The van der Waals surface area contributed by atoms with Gasteiger partial charge >= 0.3 is 0 Å². The van der Waals surface area contributed by atoms with Gasteiger partial charge in [-0.15, -0.1) is 0 Å². The van der Waals surface area contributed by atoms with Gasteiger partial charge in [-0.3, -0.25) is 0 Å². The van der Waals surface area contributed by atoms with Crippen molar-refractivity contribution in [3.05, 3.63) is 568 Å². The van der Waals surface area contributed by atoms with E-state index >= 15 is 0 Å². The molecule has 29 aromatic rings. The lowest BCUT2D eigenvalue weighted by Gasteiger charge is -2.19. The lowest BCUT2D eigenvalue weighted by Crippen LogP contribution is -1.91. The fourth-order valence-corrected chi connectivity index (χ4v) is 16.5. The predicted molar refractivity (Wildman–Crippen MR) is 623 cm³/mol. The van der Waals surface area contributed by atoms with E-state index in [4.69, 9.17) is 101 Å². The summed E-state index contributed by atoms with van der Waals surface area (Å²) in [7, 11) is 0. The molecule has 0 atom stereocenters. The summed E-state index contributed by atoms with van der Waals surface area (Å²) in [6.07, 6.45) is 0. The summed E-state index contributed by atoms with van der Waals surface area (Å²) in [4.78, 5) is 0. The Morgan fingerprint density at radius 1 is 0.0833 bits per heavy atom. The van der Waals surface area contributed by atoms with Gasteiger partial charge in [0.05, 0.1) is 129 Å². The van der Waals surface area contributed by atoms with Crippen LogP contribution < -0.4 is 0 Å². The molecule has 0 aliphatic heterocycles. The normalized spacial score (nSPS) is 20.6. The van der Waals surface area contributed by atoms with E-state index in [0.717, 1.165) is 0 Å². The number of hydrogen-bond donors (Lipinski definition) is 0. The number of benzene rings is 29. The number of rotatable bonds is 10. The molecule has 0 heteroatoms. The maximum absolute atomic E-state index is 9.43. The van der Waals surface area contributed by atoms with Crippen LogP contribution in [0.2, 0.25) is 0 Å². The van der Waals surface area contributed by atoms with Gasteiger partial charge in [0.1, 0.15) is 0 Å². The van der Waals surface area contributed by atoms with Crippen molar-refractivity contribution in [3.8, 4) is 111 Å². The molecule has 144 heavy (non-hydrogen) atoms. The first-order chi connectivity index (χ1) is 111. The van der Waals surface area contributed by atoms with Gasteiger partial charge in [0, 0.05) is 0 Å². The zero-order valence-corrected chi connectivity index (χ0v) is 72.0. The first-order valence-corrected chi connectivity index (χ1v) is 42.2. The highest BCUT2D eigenvalue weighted by Crippen LogP contribution is 2.52. The molecule has 0 aliphatic carbocycles. The van der Waals surface area contributed by atoms with Crippen LogP contribution in [0.1, 0.15) is 129 Å². The van der Waals surface area contributed by atoms with Gasteiger partial charge in [-0.05, 0) is 303 Å². The van der Waals surface area contributed by atoms with Crippen LogP contribution in [0.3, 0.4) is 0 Å². The van der Waals surface area contributed by atoms with Crippen molar-refractivity contribution in [1.29, 1.82) is 0 Å². The molecule has 0 heterocycles. The fourth-order valence-electron chi connectivity index (χ4n) is 16.5. The smallest absolute Gasteiger partial charge is 0.0622 e. The van der Waals surface area contributed by atoms with Gasteiger partial charge in [-0.25, -0.2) is 0 Å². The SMILES string of the molecule is [2H]c1c([2H])c(-c2c3c([2H])c([2H])c([2H])c([2H])c3c(-c3c([2H])c([2H])c([2H])c4c([2H])c([2H])c([2H])c([2H])c34)c3c([2H])c([2H])c([2H])c([2H])c23)c([2H])c([2H])c1-c1c([2H])c([2H])c2c([2H])c([2H])c([2H])c([2H])c2c1[2H].[2H]c1c([2H])c([2H])c(-c2c3c([2H])c([2H])c([2H])c([2H])c3c(-c3c([2H])c([2H])c(-c4c([2H])c([2H])c5c([2H])c([2H])c([2H])c([2H])c5c4[2H])c([2H])c3[2H])c3c([2H])c([2H])c([2H])c([2H])c23)c([2H])c1[2H].[2H]c1c([2H])c([2H])c2c([2H])c(-c3c4c([2H])c([2H])c([2H])c([2H])c4c(-c4c([2H])c([2H])c([2H])c5c([2H])c([2H])c([2H])c([2H])c45)c4c([2H])c([2H])c([2H])c([2H])c34)c([2H])c([2H])c2c1[2H].[2H]c1c([2H])c([2H])c2c([2H])c(-c3c4c([2H])c([2H])c([2H])c([2H])c4c(-c4c([2H])c([2H])c5c([2H])c([2H])c([2H])c([2H])c5c4[2H])c4c([2H])c([2H])c([2H])c([2H])c34)c([2H])c([2H])c2c1[2H]. The Labute approximate surface area is 968 Å². The van der Waals surface area contributed by atoms with E-state index < -0.39 is 841 Å². The van der Waals surface area contributed by atoms with Gasteiger partial charge in [-0.1, -0.05) is 538 Å². The zero-order chi connectivity index (χ0) is 177. The van der Waals surface area contributed by atoms with Crippen LogP contribution >= 0.6 is 0 Å². The molecule has 0 aromatic heterocycles. The molecule has 0 unspecified atom stereocenters. The Morgan fingerprint density at radius 3 is 0.479 bits per heavy atom. The van der Waals surface area contributed by atoms with Crippen molar-refractivity contribution in [2.75, 3.05) is 0 Å². The lowest BCUT2D eigenvalue weighted by molar-refractivity contribution is 1.62. The second-order valence-corrected chi connectivity index (χ2v) is 30.5. The van der Waals surface area contributed by atoms with Crippen molar-refractivity contribution in [2.24, 2.45) is 0 Å². The zero-order valence-electron chi connectivity index (χ0n) is 166. The van der Waals surface area contributed by atoms with Gasteiger partial charge in [-0.2, -0.15) is 0 Å². The van der Waals surface area contributed by atoms with E-state index in [1.807, 2.05) is 0 Å². The van der Waals surface area contributed by atoms with E-state index in [0.29, 0.717) is 0 Å². The molecule has 0 amide bonds. The summed E-state index contributed by atoms with van der Waals surface area (Å²) in [5, 5.41) is -18.4. The van der Waals surface area contributed by atoms with Gasteiger partial charge in [0.25, 0.3) is 0 Å². The molecule has 0 saturated heterocycles. The highest BCUT2D eigenvalue weighted by atomic mass is 14.3. The third-order valence-corrected chi connectivity index (χ3v) is 22.6. The molecule has 29 rings (SSSR count). The second-order valence-electron chi connectivity index (χ2n) is 30.5. The van der Waals surface area contributed by atoms with Crippen LogP contribution in [-0.4, -0.2) is 0 Å². The molecule has 0 N–H and O–H groups in total. The van der Waals surface area contributed by atoms with Crippen LogP contribution in [0.4, 0.5) is 0 Å². The maximum Gasteiger partial charge on any atom is 0.0636 e. The topological polar surface area (TPSA) is 0 Å². The van der Waals surface area contributed by atoms with Crippen LogP contribution in [0, 0.1) is 0 Å². The largest absolute Gasteiger partial charge is 0.0636 e. The Hall–Kier alpha value is -18.7. The standard InChI is InChI=1S/C40H26.C36H24.2C34H22/c1-2-12-31-26-32(25-22-27(31)10-1)28-20-23-30(24-21-28)39-35-15-5-7-17-37(35)40(38-18-8-6-16-36(38)39)34-19-9-13-29-11-3-4-14-33(29)34;1-2-11-27(12-3-1)35-31-14-6-8-16-33(31)36(34-17-9-7-15-32(34)35)28-21-18-26(19-22-28)30-23-20-25-10-4-5-13-29(25)24-30;1-3-11-25-21-27(19-17-23(25)9-1)33-29-13-5-7-15-31(29)34(32-16-8-6-14-30(32)33)28-20-18-24-10-2-4-12-26(24)22-28;1-2-12-25-22-26(21-20-23(25)10-1)33-29-15-5-7-17-31(29)34(32-18-8-6-16-30(32)33)28-19-9-13-24-11-3-4-14-27(24)28/h1-26H;1-24H;2*1-22H/i1D,2D,3D,4D,5D,6D,7D,8D,9D,10D,11D,12D,13D,14D,15D,16D,17D,18D,19D,20D,21D,22D,23D,24D,25D,26D;1D,2D,3D,4D,5D,6D,7D,8D,9D,10D,11D,12D,13D,14D,15D,16D,17D,18D,19D,20D,21D,22D,23D,24D;2*1D,2D,3D,4D,5D,6D,7D,8D,9D,10D,11D,12D,13D,14D,15D,16D,17D,18D,19D,20D,21D,22D. The first kappa shape index (κ1) is 32.4. The molecule has 670 valence electrons. The molecule has 0 nitrogen and oxygen atoms in total. The molecule has 0 bridgehead atoms. The fraction of sp³-hybridized carbons (Fsp3) is 0. The Bertz CT molecular complexity index is 15700. The molecular weight excluding hydrogens is 1730 g/mol. The summed E-state index contributed by atoms with van der Waals surface area (Å²) < 4.78 is 826. The van der Waals surface area contributed by atoms with Gasteiger partial charge in [0.2, 0.25) is 0 Å². The van der Waals surface area contributed by atoms with Crippen LogP contribution in [0.15, 0.2) is 568 Å². The minimum atomic E-state index is -1.07. The quantitative estimate of drug-likeness (QED) is 0.120. The molecular formula is C144H94. The summed E-state index contributed by atoms with van der Waals surface area (Å²) in [5.41, 5.74) is -14.1. The van der Waals surface area contributed by atoms with Crippen molar-refractivity contribution in [3.63, 3.8) is 0 Å². The summed E-state index contributed by atoms with van der Waals surface area (Å²) >= 11 is 0. The van der Waals surface area contributed by atoms with E-state index in [-0.39, 0.29) is 0 Å². The van der Waals surface area contributed by atoms with Crippen molar-refractivity contribution in [2.45, 2.75) is 0 Å². The highest BCUT2D eigenvalue weighted by molar-refractivity contribution is 6.28. The average molecular weight is 1920 g/mol. The van der Waals surface area contributed by atoms with Gasteiger partial charge in [0.15, 0.2) is 0 Å².